The van der Waals surface area contributed by atoms with E-state index >= 15 is 0 Å². The molecule has 0 saturated carbocycles. The van der Waals surface area contributed by atoms with Crippen LogP contribution in [0.5, 0.6) is 0 Å². The van der Waals surface area contributed by atoms with Crippen molar-refractivity contribution in [3.63, 3.8) is 0 Å². The van der Waals surface area contributed by atoms with Crippen molar-refractivity contribution in [2.45, 2.75) is 6.92 Å². The molecule has 0 spiro atoms. The van der Waals surface area contributed by atoms with Crippen molar-refractivity contribution >= 4 is 36.9 Å². The van der Waals surface area contributed by atoms with Gasteiger partial charge in [0.05, 0.1) is 16.5 Å². The first-order chi connectivity index (χ1) is 14.6. The van der Waals surface area contributed by atoms with Crippen LogP contribution < -0.4 is 10.9 Å². The van der Waals surface area contributed by atoms with E-state index in [0.29, 0.717) is 0 Å². The molecule has 0 unspecified atom stereocenters. The van der Waals surface area contributed by atoms with Crippen molar-refractivity contribution in [2.24, 2.45) is 0 Å². The third-order valence-corrected chi connectivity index (χ3v) is 3.68. The Hall–Kier alpha value is -3.01. The molecule has 2 aromatic rings. The van der Waals surface area contributed by atoms with Crippen molar-refractivity contribution in [2.75, 3.05) is 0 Å². The van der Waals surface area contributed by atoms with Gasteiger partial charge in [0.15, 0.2) is 52.3 Å². The molecule has 17 heteroatoms. The van der Waals surface area contributed by atoms with Crippen LogP contribution in [0.4, 0.5) is 35.1 Å². The summed E-state index contributed by atoms with van der Waals surface area (Å²) in [5, 5.41) is 42.2. The molecule has 0 radical (unpaired) electrons. The molecule has 172 valence electrons. The third-order valence-electron chi connectivity index (χ3n) is 3.68. The Balaban J connectivity index is 0.000000320. The molecule has 0 aliphatic carbocycles. The van der Waals surface area contributed by atoms with Gasteiger partial charge in [0.2, 0.25) is 0 Å². The Labute approximate surface area is 172 Å². The lowest BCUT2D eigenvalue weighted by atomic mass is 9.78. The van der Waals surface area contributed by atoms with Crippen LogP contribution in [0.15, 0.2) is 0 Å². The van der Waals surface area contributed by atoms with Gasteiger partial charge in [-0.2, -0.15) is 0 Å². The molecule has 7 nitrogen and oxygen atoms in total. The number of carboxylic acids is 1. The number of rotatable bonds is 4. The first kappa shape index (κ1) is 27.0. The zero-order chi connectivity index (χ0) is 25.2. The summed E-state index contributed by atoms with van der Waals surface area (Å²) in [5.41, 5.74) is -6.47. The number of halogens is 8. The van der Waals surface area contributed by atoms with E-state index in [4.69, 9.17) is 25.2 Å². The largest absolute Gasteiger partial charge is 0.494 e. The average molecular weight is 474 g/mol. The summed E-state index contributed by atoms with van der Waals surface area (Å²) in [7, 11) is -5.52. The highest BCUT2D eigenvalue weighted by Gasteiger charge is 2.34. The van der Waals surface area contributed by atoms with E-state index in [1.165, 1.54) is 0 Å². The summed E-state index contributed by atoms with van der Waals surface area (Å²) >= 11 is 0. The Bertz CT molecular complexity index is 951. The van der Waals surface area contributed by atoms with Gasteiger partial charge in [0.1, 0.15) is 5.56 Å². The van der Waals surface area contributed by atoms with Crippen molar-refractivity contribution in [3.8, 4) is 0 Å². The lowest BCUT2D eigenvalue weighted by Gasteiger charge is -2.09. The first-order valence-corrected chi connectivity index (χ1v) is 7.75. The minimum atomic E-state index is -2.80. The maximum Gasteiger partial charge on any atom is 0.494 e. The Morgan fingerprint density at radius 2 is 0.812 bits per heavy atom. The molecule has 0 saturated heterocycles. The van der Waals surface area contributed by atoms with E-state index in [1.807, 2.05) is 0 Å². The second-order valence-corrected chi connectivity index (χ2v) is 5.70. The highest BCUT2D eigenvalue weighted by atomic mass is 19.2. The van der Waals surface area contributed by atoms with Crippen molar-refractivity contribution in [3.05, 3.63) is 57.7 Å². The summed E-state index contributed by atoms with van der Waals surface area (Å²) in [6, 6.07) is 0. The standard InChI is InChI=1S/C8H5BF4O3.C7H3BF4O4/c1-2(14)3-5(10)7(12)4(9(15)16)8(13)6(3)11;9-3-1(7(13)14)4(10)6(12)2(5(3)11)8(15)16/h15-16H,1H3;15-16H,(H,13,14). The van der Waals surface area contributed by atoms with Crippen LogP contribution in [0.25, 0.3) is 0 Å². The second kappa shape index (κ2) is 10.1. The number of benzene rings is 2. The number of carbonyl (C=O) groups excluding carboxylic acids is 1. The normalized spacial score (nSPS) is 10.4. The van der Waals surface area contributed by atoms with E-state index in [0.717, 1.165) is 6.92 Å². The highest BCUT2D eigenvalue weighted by Crippen LogP contribution is 2.19. The van der Waals surface area contributed by atoms with E-state index in [2.05, 4.69) is 0 Å². The molecule has 2 rings (SSSR count). The number of ketones is 1. The molecule has 0 atom stereocenters. The Morgan fingerprint density at radius 1 is 0.562 bits per heavy atom. The van der Waals surface area contributed by atoms with Gasteiger partial charge in [-0.05, 0) is 6.92 Å². The number of Topliss-reactive ketones (excluding diaryl/α,β-unsaturated/α-hetero) is 1. The maximum absolute atomic E-state index is 13.1. The minimum absolute atomic E-state index is 0.718. The van der Waals surface area contributed by atoms with Gasteiger partial charge < -0.3 is 25.2 Å². The zero-order valence-corrected chi connectivity index (χ0v) is 15.2. The summed E-state index contributed by atoms with van der Waals surface area (Å²) in [5.74, 6) is -20.1. The zero-order valence-electron chi connectivity index (χ0n) is 15.2. The molecular formula is C15H8B2F8O7. The fraction of sp³-hybridized carbons (Fsp3) is 0.0667. The first-order valence-electron chi connectivity index (χ1n) is 7.75. The van der Waals surface area contributed by atoms with Gasteiger partial charge in [0, 0.05) is 0 Å². The molecular weight excluding hydrogens is 466 g/mol. The Morgan fingerprint density at radius 3 is 1.00 bits per heavy atom. The molecule has 0 bridgehead atoms. The van der Waals surface area contributed by atoms with Crippen LogP contribution in [-0.2, 0) is 0 Å². The smallest absolute Gasteiger partial charge is 0.477 e. The third kappa shape index (κ3) is 4.90. The van der Waals surface area contributed by atoms with Crippen LogP contribution in [-0.4, -0.2) is 51.2 Å². The van der Waals surface area contributed by atoms with Crippen LogP contribution in [0, 0.1) is 46.5 Å². The van der Waals surface area contributed by atoms with Crippen LogP contribution in [0.3, 0.4) is 0 Å². The van der Waals surface area contributed by atoms with Gasteiger partial charge in [-0.1, -0.05) is 0 Å². The molecule has 0 heterocycles. The summed E-state index contributed by atoms with van der Waals surface area (Å²) in [6.07, 6.45) is 0. The molecule has 0 aliphatic heterocycles. The minimum Gasteiger partial charge on any atom is -0.477 e. The number of aromatic carboxylic acids is 1. The van der Waals surface area contributed by atoms with Gasteiger partial charge in [-0.15, -0.1) is 0 Å². The van der Waals surface area contributed by atoms with E-state index < -0.39 is 94.6 Å². The average Bonchev–Trinajstić information content (AvgIpc) is 2.65. The fourth-order valence-corrected chi connectivity index (χ4v) is 2.25. The lowest BCUT2D eigenvalue weighted by molar-refractivity contribution is 0.0683. The quantitative estimate of drug-likeness (QED) is 0.179. The lowest BCUT2D eigenvalue weighted by Crippen LogP contribution is -2.38. The summed E-state index contributed by atoms with van der Waals surface area (Å²) in [4.78, 5) is 21.0. The predicted molar refractivity (Wildman–Crippen MR) is 89.2 cm³/mol. The molecule has 0 amide bonds. The van der Waals surface area contributed by atoms with E-state index in [-0.39, 0.29) is 0 Å². The van der Waals surface area contributed by atoms with Gasteiger partial charge in [-0.3, -0.25) is 4.79 Å². The SMILES string of the molecule is CC(=O)c1c(F)c(F)c(B(O)O)c(F)c1F.O=C(O)c1c(F)c(F)c(B(O)O)c(F)c1F. The van der Waals surface area contributed by atoms with Gasteiger partial charge in [-0.25, -0.2) is 39.9 Å². The number of hydrogen-bond acceptors (Lipinski definition) is 6. The van der Waals surface area contributed by atoms with E-state index in [1.54, 1.807) is 0 Å². The summed E-state index contributed by atoms with van der Waals surface area (Å²) in [6.45, 7) is 0.718. The molecule has 0 aromatic heterocycles. The number of hydrogen-bond donors (Lipinski definition) is 5. The predicted octanol–water partition coefficient (Wildman–Crippen LogP) is -0.254. The molecule has 0 aliphatic rings. The van der Waals surface area contributed by atoms with Crippen molar-refractivity contribution in [1.29, 1.82) is 0 Å². The summed E-state index contributed by atoms with van der Waals surface area (Å²) < 4.78 is 104. The van der Waals surface area contributed by atoms with Gasteiger partial charge in [0.25, 0.3) is 0 Å². The highest BCUT2D eigenvalue weighted by molar-refractivity contribution is 6.59. The Kier molecular flexibility index (Phi) is 8.51. The van der Waals surface area contributed by atoms with Gasteiger partial charge >= 0.3 is 20.2 Å². The van der Waals surface area contributed by atoms with E-state index in [9.17, 15) is 44.7 Å². The molecule has 5 N–H and O–H groups in total. The topological polar surface area (TPSA) is 135 Å². The van der Waals surface area contributed by atoms with Crippen molar-refractivity contribution < 1.29 is 69.9 Å². The molecule has 32 heavy (non-hydrogen) atoms. The van der Waals surface area contributed by atoms with Crippen LogP contribution in [0.2, 0.25) is 0 Å². The number of carbonyl (C=O) groups is 2. The number of carboxylic acid groups (broad SMARTS) is 1. The fourth-order valence-electron chi connectivity index (χ4n) is 2.25. The van der Waals surface area contributed by atoms with Crippen LogP contribution >= 0.6 is 0 Å². The van der Waals surface area contributed by atoms with Crippen LogP contribution in [0.1, 0.15) is 27.6 Å². The molecule has 2 aromatic carbocycles. The molecule has 0 fully saturated rings. The maximum atomic E-state index is 13.1. The monoisotopic (exact) mass is 474 g/mol. The van der Waals surface area contributed by atoms with Crippen molar-refractivity contribution in [1.82, 2.24) is 0 Å². The second-order valence-electron chi connectivity index (χ2n) is 5.70.